The maximum atomic E-state index is 15.0. The highest BCUT2D eigenvalue weighted by atomic mass is 32.5. The number of rotatable bonds is 5. The average molecular weight is 497 g/mol. The molecule has 2 aliphatic rings. The zero-order valence-electron chi connectivity index (χ0n) is 15.9. The van der Waals surface area contributed by atoms with Crippen molar-refractivity contribution in [1.82, 2.24) is 9.55 Å². The predicted molar refractivity (Wildman–Crippen MR) is 105 cm³/mol. The van der Waals surface area contributed by atoms with Gasteiger partial charge in [0.05, 0.1) is 13.2 Å². The predicted octanol–water partition coefficient (Wildman–Crippen LogP) is 2.20. The van der Waals surface area contributed by atoms with E-state index in [1.54, 1.807) is 18.2 Å². The fourth-order valence-corrected chi connectivity index (χ4v) is 5.06. The van der Waals surface area contributed by atoms with E-state index in [-0.39, 0.29) is 18.2 Å². The Morgan fingerprint density at radius 1 is 1.38 bits per heavy atom. The van der Waals surface area contributed by atoms with Gasteiger partial charge in [-0.25, -0.2) is 13.6 Å². The zero-order chi connectivity index (χ0) is 23.3. The summed E-state index contributed by atoms with van der Waals surface area (Å²) in [6.07, 6.45) is -8.00. The smallest absolute Gasteiger partial charge is 0.381 e. The van der Waals surface area contributed by atoms with Gasteiger partial charge in [0.25, 0.3) is 6.43 Å². The van der Waals surface area contributed by atoms with Crippen LogP contribution in [0.1, 0.15) is 11.8 Å². The van der Waals surface area contributed by atoms with Gasteiger partial charge in [0.1, 0.15) is 11.6 Å². The van der Waals surface area contributed by atoms with Crippen molar-refractivity contribution in [3.63, 3.8) is 0 Å². The Labute approximate surface area is 182 Å². The van der Waals surface area contributed by atoms with Crippen LogP contribution in [0.2, 0.25) is 0 Å². The molecule has 1 aromatic heterocycles. The van der Waals surface area contributed by atoms with Gasteiger partial charge in [-0.1, -0.05) is 18.2 Å². The van der Waals surface area contributed by atoms with Crippen LogP contribution in [0.15, 0.2) is 41.3 Å². The zero-order valence-corrected chi connectivity index (χ0v) is 17.6. The lowest BCUT2D eigenvalue weighted by Gasteiger charge is -2.35. The summed E-state index contributed by atoms with van der Waals surface area (Å²) < 4.78 is 79.2. The molecule has 0 radical (unpaired) electrons. The van der Waals surface area contributed by atoms with E-state index in [4.69, 9.17) is 35.8 Å². The molecular formula is C17H16F4N3O6PS. The monoisotopic (exact) mass is 497 g/mol. The van der Waals surface area contributed by atoms with Crippen molar-refractivity contribution in [2.24, 2.45) is 0 Å². The summed E-state index contributed by atoms with van der Waals surface area (Å²) >= 11 is 5.12. The van der Waals surface area contributed by atoms with Gasteiger partial charge in [-0.2, -0.15) is 13.8 Å². The highest BCUT2D eigenvalue weighted by Crippen LogP contribution is 2.58. The SMILES string of the molecule is Nc1ccn(C2OC(COP3(=S)OCc4ccccc4O3)(C(F)F)C(F)(F)C2O)c(=O)n1. The molecule has 0 aliphatic carbocycles. The van der Waals surface area contributed by atoms with E-state index in [0.29, 0.717) is 10.1 Å². The number of halogens is 4. The van der Waals surface area contributed by atoms with Crippen molar-refractivity contribution >= 4 is 24.3 Å². The number of para-hydroxylation sites is 1. The highest BCUT2D eigenvalue weighted by molar-refractivity contribution is 8.07. The molecule has 3 heterocycles. The first-order valence-corrected chi connectivity index (χ1v) is 11.6. The van der Waals surface area contributed by atoms with Gasteiger partial charge in [-0.3, -0.25) is 13.6 Å². The number of alkyl halides is 4. The molecule has 4 rings (SSSR count). The summed E-state index contributed by atoms with van der Waals surface area (Å²) in [5.74, 6) is -4.53. The van der Waals surface area contributed by atoms with Crippen molar-refractivity contribution < 1.29 is 41.0 Å². The second-order valence-electron chi connectivity index (χ2n) is 7.00. The Hall–Kier alpha value is -2.09. The van der Waals surface area contributed by atoms with E-state index in [9.17, 15) is 27.5 Å². The largest absolute Gasteiger partial charge is 0.424 e. The van der Waals surface area contributed by atoms with Crippen LogP contribution < -0.4 is 15.9 Å². The van der Waals surface area contributed by atoms with Crippen LogP contribution in [-0.2, 0) is 32.2 Å². The lowest BCUT2D eigenvalue weighted by Crippen LogP contribution is -2.57. The van der Waals surface area contributed by atoms with Crippen LogP contribution in [0.4, 0.5) is 23.4 Å². The molecule has 1 saturated heterocycles. The number of fused-ring (bicyclic) bond motifs is 1. The Kier molecular flexibility index (Phi) is 5.80. The lowest BCUT2D eigenvalue weighted by molar-refractivity contribution is -0.242. The quantitative estimate of drug-likeness (QED) is 0.474. The first kappa shape index (κ1) is 23.1. The molecule has 4 unspecified atom stereocenters. The van der Waals surface area contributed by atoms with E-state index in [0.717, 1.165) is 12.3 Å². The summed E-state index contributed by atoms with van der Waals surface area (Å²) in [5, 5.41) is 10.1. The number of nitrogens with two attached hydrogens (primary N) is 1. The second kappa shape index (κ2) is 8.04. The topological polar surface area (TPSA) is 118 Å². The van der Waals surface area contributed by atoms with E-state index >= 15 is 0 Å². The number of aromatic nitrogens is 2. The second-order valence-corrected chi connectivity index (χ2v) is 9.94. The summed E-state index contributed by atoms with van der Waals surface area (Å²) in [7, 11) is 0. The molecule has 0 saturated carbocycles. The molecule has 4 atom stereocenters. The van der Waals surface area contributed by atoms with Gasteiger partial charge in [-0.15, -0.1) is 0 Å². The maximum Gasteiger partial charge on any atom is 0.381 e. The minimum absolute atomic E-state index is 0.0792. The standard InChI is InChI=1S/C17H16F4N3O6PS/c18-14(19)16(8-28-31(32)27-7-9-3-1-2-4-10(9)30-31)17(20,21)12(25)13(29-16)24-6-5-11(22)23-15(24)26/h1-6,12-14,25H,7-8H2,(H2,22,23,26). The summed E-state index contributed by atoms with van der Waals surface area (Å²) in [5.41, 5.74) is 1.11. The molecule has 1 aromatic carbocycles. The van der Waals surface area contributed by atoms with Crippen molar-refractivity contribution in [3.8, 4) is 5.75 Å². The van der Waals surface area contributed by atoms with Crippen molar-refractivity contribution in [1.29, 1.82) is 0 Å². The molecule has 2 aromatic rings. The number of nitrogens with zero attached hydrogens (tertiary/aromatic N) is 2. The van der Waals surface area contributed by atoms with Gasteiger partial charge < -0.3 is 20.1 Å². The van der Waals surface area contributed by atoms with Gasteiger partial charge in [-0.05, 0) is 12.1 Å². The van der Waals surface area contributed by atoms with Crippen LogP contribution in [-0.4, -0.2) is 45.3 Å². The summed E-state index contributed by atoms with van der Waals surface area (Å²) in [6.45, 7) is -5.32. The molecular weight excluding hydrogens is 481 g/mol. The summed E-state index contributed by atoms with van der Waals surface area (Å²) in [4.78, 5) is 15.3. The normalized spacial score (nSPS) is 31.3. The number of aliphatic hydroxyl groups is 1. The molecule has 9 nitrogen and oxygen atoms in total. The van der Waals surface area contributed by atoms with Crippen LogP contribution >= 0.6 is 6.72 Å². The Balaban J connectivity index is 1.63. The van der Waals surface area contributed by atoms with Crippen LogP contribution in [0.25, 0.3) is 0 Å². The van der Waals surface area contributed by atoms with E-state index in [1.807, 2.05) is 0 Å². The Bertz CT molecular complexity index is 1140. The third kappa shape index (κ3) is 3.70. The molecule has 15 heteroatoms. The molecule has 1 fully saturated rings. The van der Waals surface area contributed by atoms with E-state index in [1.165, 1.54) is 6.07 Å². The first-order valence-electron chi connectivity index (χ1n) is 9.02. The minimum Gasteiger partial charge on any atom is -0.424 e. The molecule has 3 N–H and O–H groups in total. The fourth-order valence-electron chi connectivity index (χ4n) is 3.25. The molecule has 174 valence electrons. The Morgan fingerprint density at radius 3 is 2.78 bits per heavy atom. The Morgan fingerprint density at radius 2 is 2.09 bits per heavy atom. The molecule has 0 spiro atoms. The van der Waals surface area contributed by atoms with Crippen molar-refractivity contribution in [3.05, 3.63) is 52.6 Å². The van der Waals surface area contributed by atoms with E-state index in [2.05, 4.69) is 4.98 Å². The number of hydrogen-bond acceptors (Lipinski definition) is 9. The third-order valence-electron chi connectivity index (χ3n) is 5.01. The number of benzene rings is 1. The fraction of sp³-hybridized carbons (Fsp3) is 0.412. The summed E-state index contributed by atoms with van der Waals surface area (Å²) in [6, 6.07) is 7.58. The first-order chi connectivity index (χ1) is 15.0. The molecule has 0 bridgehead atoms. The van der Waals surface area contributed by atoms with Crippen LogP contribution in [0, 0.1) is 0 Å². The number of ether oxygens (including phenoxy) is 1. The number of anilines is 1. The highest BCUT2D eigenvalue weighted by Gasteiger charge is 2.74. The van der Waals surface area contributed by atoms with Crippen molar-refractivity contribution in [2.75, 3.05) is 12.3 Å². The molecule has 2 aliphatic heterocycles. The van der Waals surface area contributed by atoms with Crippen LogP contribution in [0.3, 0.4) is 0 Å². The van der Waals surface area contributed by atoms with Crippen molar-refractivity contribution in [2.45, 2.75) is 36.9 Å². The van der Waals surface area contributed by atoms with Gasteiger partial charge in [0, 0.05) is 23.6 Å². The average Bonchev–Trinajstić information content (AvgIpc) is 2.93. The number of nitrogen functional groups attached to an aromatic ring is 1. The minimum atomic E-state index is -4.56. The molecule has 0 amide bonds. The maximum absolute atomic E-state index is 15.0. The number of aliphatic hydroxyl groups excluding tert-OH is 1. The van der Waals surface area contributed by atoms with Gasteiger partial charge in [0.15, 0.2) is 12.3 Å². The lowest BCUT2D eigenvalue weighted by atomic mass is 9.95. The van der Waals surface area contributed by atoms with Gasteiger partial charge in [0.2, 0.25) is 5.60 Å². The third-order valence-corrected chi connectivity index (χ3v) is 7.18. The van der Waals surface area contributed by atoms with Crippen LogP contribution in [0.5, 0.6) is 5.75 Å². The molecule has 32 heavy (non-hydrogen) atoms. The van der Waals surface area contributed by atoms with Gasteiger partial charge >= 0.3 is 18.3 Å². The number of hydrogen-bond donors (Lipinski definition) is 2. The van der Waals surface area contributed by atoms with E-state index < -0.39 is 49.3 Å².